The van der Waals surface area contributed by atoms with Crippen molar-refractivity contribution in [1.29, 1.82) is 0 Å². The summed E-state index contributed by atoms with van der Waals surface area (Å²) in [4.78, 5) is 28.2. The largest absolute Gasteiger partial charge is 0.354 e. The number of hydrogen-bond acceptors (Lipinski definition) is 4. The maximum Gasteiger partial charge on any atom is 0.244 e. The molecule has 36 heavy (non-hydrogen) atoms. The Hall–Kier alpha value is -1.81. The molecule has 2 aromatic rings. The molecule has 2 amide bonds. The maximum atomic E-state index is 13.7. The van der Waals surface area contributed by atoms with E-state index in [0.29, 0.717) is 34.3 Å². The SMILES string of the molecule is CCCCNC(=O)C(CC)N(Cc1ccc(Cl)cc1Cl)C(=O)CN(c1ccc(Br)c(C)c1)S(C)(=O)=O. The standard InChI is InChI=1S/C25H32BrCl2N3O4S/c1-5-7-12-29-25(33)23(6-2)30(15-18-8-9-19(27)14-22(18)28)24(32)16-31(36(4,34)35)20-10-11-21(26)17(3)13-20/h8-11,13-14,23H,5-7,12,15-16H2,1-4H3,(H,29,33). The fourth-order valence-electron chi connectivity index (χ4n) is 3.66. The molecule has 0 aliphatic carbocycles. The molecule has 0 spiro atoms. The lowest BCUT2D eigenvalue weighted by Gasteiger charge is -2.33. The normalized spacial score (nSPS) is 12.2. The Morgan fingerprint density at radius 3 is 2.36 bits per heavy atom. The first-order valence-corrected chi connectivity index (χ1v) is 15.0. The number of nitrogens with one attached hydrogen (secondary N) is 1. The van der Waals surface area contributed by atoms with Crippen molar-refractivity contribution in [1.82, 2.24) is 10.2 Å². The van der Waals surface area contributed by atoms with Crippen LogP contribution in [0.5, 0.6) is 0 Å². The quantitative estimate of drug-likeness (QED) is 0.315. The second kappa shape index (κ2) is 13.7. The van der Waals surface area contributed by atoms with Crippen LogP contribution in [0.25, 0.3) is 0 Å². The van der Waals surface area contributed by atoms with Crippen LogP contribution >= 0.6 is 39.1 Å². The van der Waals surface area contributed by atoms with E-state index in [-0.39, 0.29) is 12.5 Å². The van der Waals surface area contributed by atoms with Gasteiger partial charge in [0, 0.05) is 27.6 Å². The van der Waals surface area contributed by atoms with Gasteiger partial charge in [0.15, 0.2) is 0 Å². The topological polar surface area (TPSA) is 86.8 Å². The van der Waals surface area contributed by atoms with Gasteiger partial charge in [0.2, 0.25) is 21.8 Å². The molecule has 1 N–H and O–H groups in total. The molecular weight excluding hydrogens is 589 g/mol. The van der Waals surface area contributed by atoms with Crippen LogP contribution in [0.3, 0.4) is 0 Å². The minimum atomic E-state index is -3.81. The molecule has 2 rings (SSSR count). The zero-order valence-electron chi connectivity index (χ0n) is 20.9. The number of anilines is 1. The second-order valence-corrected chi connectivity index (χ2v) is 12.1. The minimum Gasteiger partial charge on any atom is -0.354 e. The highest BCUT2D eigenvalue weighted by molar-refractivity contribution is 9.10. The fraction of sp³-hybridized carbons (Fsp3) is 0.440. The number of hydrogen-bond donors (Lipinski definition) is 1. The molecule has 0 aromatic heterocycles. The fourth-order valence-corrected chi connectivity index (χ4v) is 5.21. The summed E-state index contributed by atoms with van der Waals surface area (Å²) in [6.45, 7) is 5.70. The van der Waals surface area contributed by atoms with Crippen LogP contribution in [0.1, 0.15) is 44.2 Å². The molecule has 0 fully saturated rings. The first-order valence-electron chi connectivity index (χ1n) is 11.6. The highest BCUT2D eigenvalue weighted by atomic mass is 79.9. The summed E-state index contributed by atoms with van der Waals surface area (Å²) in [6, 6.07) is 9.15. The van der Waals surface area contributed by atoms with E-state index in [2.05, 4.69) is 21.2 Å². The molecule has 11 heteroatoms. The van der Waals surface area contributed by atoms with Gasteiger partial charge in [-0.15, -0.1) is 0 Å². The molecule has 0 aliphatic heterocycles. The van der Waals surface area contributed by atoms with Gasteiger partial charge < -0.3 is 10.2 Å². The van der Waals surface area contributed by atoms with Gasteiger partial charge in [-0.25, -0.2) is 8.42 Å². The molecule has 1 unspecified atom stereocenters. The number of unbranched alkanes of at least 4 members (excludes halogenated alkanes) is 1. The summed E-state index contributed by atoms with van der Waals surface area (Å²) in [6.07, 6.45) is 3.11. The molecule has 0 aliphatic rings. The maximum absolute atomic E-state index is 13.7. The van der Waals surface area contributed by atoms with E-state index in [1.807, 2.05) is 13.8 Å². The average Bonchev–Trinajstić information content (AvgIpc) is 2.80. The van der Waals surface area contributed by atoms with Crippen molar-refractivity contribution in [3.8, 4) is 0 Å². The lowest BCUT2D eigenvalue weighted by atomic mass is 10.1. The predicted molar refractivity (Wildman–Crippen MR) is 150 cm³/mol. The van der Waals surface area contributed by atoms with E-state index in [1.54, 1.807) is 43.3 Å². The van der Waals surface area contributed by atoms with Gasteiger partial charge in [-0.1, -0.05) is 65.5 Å². The van der Waals surface area contributed by atoms with E-state index in [9.17, 15) is 18.0 Å². The highest BCUT2D eigenvalue weighted by Crippen LogP contribution is 2.27. The van der Waals surface area contributed by atoms with Crippen LogP contribution in [0.15, 0.2) is 40.9 Å². The molecule has 1 atom stereocenters. The lowest BCUT2D eigenvalue weighted by Crippen LogP contribution is -2.52. The molecular formula is C25H32BrCl2N3O4S. The van der Waals surface area contributed by atoms with Gasteiger partial charge in [-0.3, -0.25) is 13.9 Å². The molecule has 2 aromatic carbocycles. The molecule has 0 radical (unpaired) electrons. The third kappa shape index (κ3) is 8.36. The Kier molecular flexibility index (Phi) is 11.5. The zero-order chi connectivity index (χ0) is 27.0. The monoisotopic (exact) mass is 619 g/mol. The molecule has 0 heterocycles. The Morgan fingerprint density at radius 1 is 1.11 bits per heavy atom. The average molecular weight is 621 g/mol. The first-order chi connectivity index (χ1) is 16.9. The Bertz CT molecular complexity index is 1190. The Morgan fingerprint density at radius 2 is 1.81 bits per heavy atom. The van der Waals surface area contributed by atoms with Gasteiger partial charge in [-0.05, 0) is 61.2 Å². The number of amides is 2. The van der Waals surface area contributed by atoms with Crippen LogP contribution in [-0.4, -0.2) is 50.5 Å². The van der Waals surface area contributed by atoms with Crippen LogP contribution in [0.2, 0.25) is 10.0 Å². The van der Waals surface area contributed by atoms with E-state index >= 15 is 0 Å². The summed E-state index contributed by atoms with van der Waals surface area (Å²) >= 11 is 15.8. The van der Waals surface area contributed by atoms with Gasteiger partial charge in [0.05, 0.1) is 11.9 Å². The first kappa shape index (κ1) is 30.4. The number of carbonyl (C=O) groups is 2. The van der Waals surface area contributed by atoms with Crippen molar-refractivity contribution in [2.75, 3.05) is 23.7 Å². The van der Waals surface area contributed by atoms with Gasteiger partial charge in [0.1, 0.15) is 12.6 Å². The van der Waals surface area contributed by atoms with E-state index in [4.69, 9.17) is 23.2 Å². The van der Waals surface area contributed by atoms with Gasteiger partial charge in [0.25, 0.3) is 0 Å². The van der Waals surface area contributed by atoms with Gasteiger partial charge >= 0.3 is 0 Å². The minimum absolute atomic E-state index is 0.0194. The van der Waals surface area contributed by atoms with Crippen molar-refractivity contribution in [3.63, 3.8) is 0 Å². The predicted octanol–water partition coefficient (Wildman–Crippen LogP) is 5.55. The molecule has 0 saturated carbocycles. The number of halogens is 3. The lowest BCUT2D eigenvalue weighted by molar-refractivity contribution is -0.140. The third-order valence-corrected chi connectivity index (χ3v) is 8.30. The Balaban J connectivity index is 2.46. The van der Waals surface area contributed by atoms with E-state index in [1.165, 1.54) is 4.90 Å². The third-order valence-electron chi connectivity index (χ3n) is 5.68. The number of nitrogens with zero attached hydrogens (tertiary/aromatic N) is 2. The zero-order valence-corrected chi connectivity index (χ0v) is 24.8. The summed E-state index contributed by atoms with van der Waals surface area (Å²) in [7, 11) is -3.81. The van der Waals surface area contributed by atoms with Crippen molar-refractivity contribution in [2.24, 2.45) is 0 Å². The Labute approximate surface area is 232 Å². The molecule has 0 saturated heterocycles. The van der Waals surface area contributed by atoms with Crippen LogP contribution in [0, 0.1) is 6.92 Å². The summed E-state index contributed by atoms with van der Waals surface area (Å²) in [5.74, 6) is -0.820. The highest BCUT2D eigenvalue weighted by Gasteiger charge is 2.32. The second-order valence-electron chi connectivity index (χ2n) is 8.53. The number of rotatable bonds is 12. The smallest absolute Gasteiger partial charge is 0.244 e. The summed E-state index contributed by atoms with van der Waals surface area (Å²) in [5, 5.41) is 3.68. The van der Waals surface area contributed by atoms with Crippen molar-refractivity contribution < 1.29 is 18.0 Å². The number of aryl methyl sites for hydroxylation is 1. The summed E-state index contributed by atoms with van der Waals surface area (Å²) < 4.78 is 27.3. The number of benzene rings is 2. The van der Waals surface area contributed by atoms with Crippen molar-refractivity contribution >= 4 is 66.7 Å². The molecule has 7 nitrogen and oxygen atoms in total. The van der Waals surface area contributed by atoms with Crippen molar-refractivity contribution in [2.45, 2.75) is 52.6 Å². The van der Waals surface area contributed by atoms with Crippen LogP contribution in [0.4, 0.5) is 5.69 Å². The summed E-state index contributed by atoms with van der Waals surface area (Å²) in [5.41, 5.74) is 1.77. The van der Waals surface area contributed by atoms with Gasteiger partial charge in [-0.2, -0.15) is 0 Å². The van der Waals surface area contributed by atoms with Crippen LogP contribution in [-0.2, 0) is 26.2 Å². The van der Waals surface area contributed by atoms with Crippen molar-refractivity contribution in [3.05, 3.63) is 62.0 Å². The number of sulfonamides is 1. The molecule has 198 valence electrons. The molecule has 0 bridgehead atoms. The number of carbonyl (C=O) groups excluding carboxylic acids is 2. The van der Waals surface area contributed by atoms with Crippen LogP contribution < -0.4 is 9.62 Å². The van der Waals surface area contributed by atoms with E-state index in [0.717, 1.165) is 33.4 Å². The van der Waals surface area contributed by atoms with E-state index < -0.39 is 28.5 Å².